The number of aliphatic hydroxyl groups excluding tert-OH is 2. The Morgan fingerprint density at radius 2 is 2.16 bits per heavy atom. The van der Waals surface area contributed by atoms with E-state index in [1.54, 1.807) is 13.0 Å². The molecule has 1 saturated heterocycles. The Kier molecular flexibility index (Phi) is 6.52. The number of hydroxylamine groups is 2. The smallest absolute Gasteiger partial charge is 0.150 e. The summed E-state index contributed by atoms with van der Waals surface area (Å²) < 4.78 is 0. The number of aldehydes is 1. The number of nitrogens with zero attached hydrogens (tertiary/aromatic N) is 1. The number of benzene rings is 1. The number of hydrogen-bond acceptors (Lipinski definition) is 6. The molecule has 4 fully saturated rings. The summed E-state index contributed by atoms with van der Waals surface area (Å²) in [5.74, 6) is 1.68. The summed E-state index contributed by atoms with van der Waals surface area (Å²) >= 11 is 0. The second kappa shape index (κ2) is 8.90. The maximum absolute atomic E-state index is 11.2. The van der Waals surface area contributed by atoms with Crippen molar-refractivity contribution < 1.29 is 19.8 Å². The van der Waals surface area contributed by atoms with Gasteiger partial charge in [0.1, 0.15) is 12.4 Å². The first-order valence-electron chi connectivity index (χ1n) is 11.9. The fraction of sp³-hybridized carbons (Fsp3) is 0.654. The summed E-state index contributed by atoms with van der Waals surface area (Å²) in [5.41, 5.74) is 2.78. The van der Waals surface area contributed by atoms with Gasteiger partial charge in [-0.1, -0.05) is 45.5 Å². The number of carbonyl (C=O) groups excluding carboxylic acids is 1. The molecule has 1 aliphatic heterocycles. The first kappa shape index (κ1) is 23.4. The normalized spacial score (nSPS) is 36.9. The van der Waals surface area contributed by atoms with Gasteiger partial charge in [0.15, 0.2) is 0 Å². The molecule has 1 heterocycles. The van der Waals surface area contributed by atoms with E-state index in [2.05, 4.69) is 32.7 Å². The summed E-state index contributed by atoms with van der Waals surface area (Å²) in [5, 5.41) is 26.1. The van der Waals surface area contributed by atoms with E-state index in [1.165, 1.54) is 6.42 Å². The first-order chi connectivity index (χ1) is 15.2. The maximum atomic E-state index is 11.2. The van der Waals surface area contributed by atoms with Crippen molar-refractivity contribution >= 4 is 6.29 Å². The topological polar surface area (TPSA) is 82.0 Å². The van der Waals surface area contributed by atoms with Crippen LogP contribution in [0.4, 0.5) is 0 Å². The predicted molar refractivity (Wildman–Crippen MR) is 124 cm³/mol. The second-order valence-electron chi connectivity index (χ2n) is 10.8. The zero-order valence-electron chi connectivity index (χ0n) is 19.7. The van der Waals surface area contributed by atoms with Crippen LogP contribution >= 0.6 is 0 Å². The van der Waals surface area contributed by atoms with Gasteiger partial charge in [0.05, 0.1) is 18.8 Å². The van der Waals surface area contributed by atoms with Crippen molar-refractivity contribution in [2.75, 3.05) is 6.61 Å². The van der Waals surface area contributed by atoms with E-state index in [-0.39, 0.29) is 18.6 Å². The number of carbonyl (C=O) groups is 1. The largest absolute Gasteiger partial charge is 0.394 e. The van der Waals surface area contributed by atoms with Gasteiger partial charge in [0.2, 0.25) is 0 Å². The Labute approximate surface area is 191 Å². The number of fused-ring (bicyclic) bond motifs is 2. The van der Waals surface area contributed by atoms with Crippen molar-refractivity contribution in [2.45, 2.75) is 71.4 Å². The minimum Gasteiger partial charge on any atom is -0.394 e. The molecular weight excluding hydrogens is 404 g/mol. The number of hydrogen-bond donors (Lipinski definition) is 3. The Morgan fingerprint density at radius 3 is 2.75 bits per heavy atom. The summed E-state index contributed by atoms with van der Waals surface area (Å²) in [4.78, 5) is 17.3. The highest BCUT2D eigenvalue weighted by molar-refractivity contribution is 5.74. The highest BCUT2D eigenvalue weighted by atomic mass is 16.7. The van der Waals surface area contributed by atoms with Gasteiger partial charge < -0.3 is 15.5 Å². The van der Waals surface area contributed by atoms with Gasteiger partial charge >= 0.3 is 0 Å². The van der Waals surface area contributed by atoms with Crippen LogP contribution in [0.2, 0.25) is 0 Å². The van der Waals surface area contributed by atoms with Crippen molar-refractivity contribution in [3.05, 3.63) is 47.7 Å². The number of rotatable bonds is 8. The molecule has 0 amide bonds. The molecule has 3 saturated carbocycles. The van der Waals surface area contributed by atoms with E-state index in [9.17, 15) is 15.0 Å². The van der Waals surface area contributed by atoms with Gasteiger partial charge in [0.25, 0.3) is 0 Å². The van der Waals surface area contributed by atoms with Gasteiger partial charge in [-0.15, -0.1) is 0 Å². The molecule has 3 N–H and O–H groups in total. The maximum Gasteiger partial charge on any atom is 0.150 e. The molecule has 2 bridgehead atoms. The molecule has 4 aliphatic rings. The van der Waals surface area contributed by atoms with Gasteiger partial charge in [0, 0.05) is 29.8 Å². The molecule has 32 heavy (non-hydrogen) atoms. The number of nitrogens with one attached hydrogen (secondary N) is 1. The van der Waals surface area contributed by atoms with Crippen molar-refractivity contribution in [3.63, 3.8) is 0 Å². The molecule has 3 aliphatic carbocycles. The monoisotopic (exact) mass is 442 g/mol. The Balaban J connectivity index is 1.54. The molecule has 1 aromatic carbocycles. The lowest BCUT2D eigenvalue weighted by molar-refractivity contribution is -0.175. The van der Waals surface area contributed by atoms with E-state index < -0.39 is 12.2 Å². The predicted octanol–water partition coefficient (Wildman–Crippen LogP) is 3.15. The fourth-order valence-corrected chi connectivity index (χ4v) is 6.58. The highest BCUT2D eigenvalue weighted by Crippen LogP contribution is 2.61. The number of aliphatic hydroxyl groups is 2. The average Bonchev–Trinajstić information content (AvgIpc) is 3.13. The summed E-state index contributed by atoms with van der Waals surface area (Å²) in [6.45, 7) is 13.5. The van der Waals surface area contributed by atoms with Gasteiger partial charge in [-0.25, -0.2) is 0 Å². The summed E-state index contributed by atoms with van der Waals surface area (Å²) in [7, 11) is 0. The Morgan fingerprint density at radius 1 is 1.41 bits per heavy atom. The second-order valence-corrected chi connectivity index (χ2v) is 10.8. The summed E-state index contributed by atoms with van der Waals surface area (Å²) in [6.07, 6.45) is 2.09. The van der Waals surface area contributed by atoms with Crippen LogP contribution in [0.5, 0.6) is 0 Å². The van der Waals surface area contributed by atoms with Crippen molar-refractivity contribution in [3.8, 4) is 0 Å². The Hall–Kier alpha value is -1.73. The van der Waals surface area contributed by atoms with Crippen molar-refractivity contribution in [2.24, 2.45) is 29.1 Å². The quantitative estimate of drug-likeness (QED) is 0.537. The van der Waals surface area contributed by atoms with Crippen LogP contribution in [0.25, 0.3) is 0 Å². The zero-order chi connectivity index (χ0) is 23.2. The molecule has 1 aromatic rings. The molecule has 0 radical (unpaired) electrons. The molecule has 6 nitrogen and oxygen atoms in total. The minimum absolute atomic E-state index is 0.178. The first-order valence-corrected chi connectivity index (χ1v) is 11.9. The molecule has 8 atom stereocenters. The molecule has 176 valence electrons. The zero-order valence-corrected chi connectivity index (χ0v) is 19.7. The standard InChI is InChI=1S/C26H38N2O4/c1-15-21-10-20(26(21,4)5)11-22(15)27-16(2)25-24(17(3)31)23(14-30)32-28(25)12-18-7-6-8-19(9-18)13-29/h6-9,13,15,17,20-25,27,30-31H,2,10-12,14H2,1,3-5H3/t15-,17-,20+,21-,22-,23-,24+,25+/m0/s1. The van der Waals surface area contributed by atoms with Crippen LogP contribution in [-0.2, 0) is 11.4 Å². The van der Waals surface area contributed by atoms with E-state index in [1.807, 2.05) is 23.3 Å². The van der Waals surface area contributed by atoms with E-state index >= 15 is 0 Å². The molecule has 6 heteroatoms. The van der Waals surface area contributed by atoms with Crippen LogP contribution in [0.1, 0.15) is 56.5 Å². The lowest BCUT2D eigenvalue weighted by atomic mass is 9.44. The third-order valence-electron chi connectivity index (χ3n) is 8.62. The molecule has 0 spiro atoms. The van der Waals surface area contributed by atoms with Gasteiger partial charge in [-0.05, 0) is 54.6 Å². The molecule has 5 rings (SSSR count). The van der Waals surface area contributed by atoms with E-state index in [4.69, 9.17) is 4.84 Å². The van der Waals surface area contributed by atoms with Crippen LogP contribution in [-0.4, -0.2) is 52.5 Å². The lowest BCUT2D eigenvalue weighted by Crippen LogP contribution is -2.60. The molecular formula is C26H38N2O4. The fourth-order valence-electron chi connectivity index (χ4n) is 6.58. The van der Waals surface area contributed by atoms with Crippen molar-refractivity contribution in [1.82, 2.24) is 10.4 Å². The van der Waals surface area contributed by atoms with Gasteiger partial charge in [-0.2, -0.15) is 5.06 Å². The van der Waals surface area contributed by atoms with Gasteiger partial charge in [-0.3, -0.25) is 9.63 Å². The lowest BCUT2D eigenvalue weighted by Gasteiger charge is -2.62. The Bertz CT molecular complexity index is 854. The minimum atomic E-state index is -0.668. The van der Waals surface area contributed by atoms with Crippen LogP contribution in [0.15, 0.2) is 36.5 Å². The van der Waals surface area contributed by atoms with Crippen molar-refractivity contribution in [1.29, 1.82) is 0 Å². The third-order valence-corrected chi connectivity index (χ3v) is 8.62. The summed E-state index contributed by atoms with van der Waals surface area (Å²) in [6, 6.07) is 7.47. The van der Waals surface area contributed by atoms with E-state index in [0.29, 0.717) is 35.4 Å². The van der Waals surface area contributed by atoms with Crippen LogP contribution in [0, 0.1) is 29.1 Å². The third kappa shape index (κ3) is 4.03. The average molecular weight is 443 g/mol. The van der Waals surface area contributed by atoms with Crippen LogP contribution in [0.3, 0.4) is 0 Å². The SMILES string of the molecule is C=C(N[C@H]1C[C@H]2C[C@@H]([C@@H]1C)C2(C)C)[C@@H]1[C@H]([C@H](C)O)[C@H](CO)ON1Cc1cccc(C=O)c1. The molecule has 0 aromatic heterocycles. The van der Waals surface area contributed by atoms with Crippen LogP contribution < -0.4 is 5.32 Å². The van der Waals surface area contributed by atoms with E-state index in [0.717, 1.165) is 29.9 Å². The highest BCUT2D eigenvalue weighted by Gasteiger charge is 2.56. The molecule has 0 unspecified atom stereocenters.